The van der Waals surface area contributed by atoms with Crippen molar-refractivity contribution in [1.82, 2.24) is 10.2 Å². The largest absolute Gasteiger partial charge is 0.342 e. The molecule has 4 heteroatoms. The molecule has 2 rings (SSSR count). The van der Waals surface area contributed by atoms with Gasteiger partial charge >= 0.3 is 0 Å². The first-order valence-corrected chi connectivity index (χ1v) is 7.82. The highest BCUT2D eigenvalue weighted by molar-refractivity contribution is 8.00. The summed E-state index contributed by atoms with van der Waals surface area (Å²) in [6.07, 6.45) is 2.13. The summed E-state index contributed by atoms with van der Waals surface area (Å²) in [4.78, 5) is 15.3. The van der Waals surface area contributed by atoms with Crippen LogP contribution >= 0.6 is 11.8 Å². The molecule has 1 aliphatic heterocycles. The number of carbonyl (C=O) groups excluding carboxylic acids is 1. The Morgan fingerprint density at radius 1 is 1.32 bits per heavy atom. The van der Waals surface area contributed by atoms with Gasteiger partial charge in [0.15, 0.2) is 0 Å². The molecule has 1 amide bonds. The average molecular weight is 278 g/mol. The highest BCUT2D eigenvalue weighted by Crippen LogP contribution is 2.19. The van der Waals surface area contributed by atoms with Gasteiger partial charge in [0.25, 0.3) is 0 Å². The maximum atomic E-state index is 12.1. The lowest BCUT2D eigenvalue weighted by atomic mass is 10.1. The number of nitrogens with one attached hydrogen (secondary N) is 1. The summed E-state index contributed by atoms with van der Waals surface area (Å²) in [5, 5.41) is 3.28. The van der Waals surface area contributed by atoms with E-state index in [1.54, 1.807) is 11.8 Å². The molecule has 1 aromatic carbocycles. The molecule has 1 fully saturated rings. The molecule has 0 saturated carbocycles. The molecule has 0 bridgehead atoms. The van der Waals surface area contributed by atoms with Crippen LogP contribution in [0.5, 0.6) is 0 Å². The lowest BCUT2D eigenvalue weighted by Crippen LogP contribution is -2.44. The molecule has 0 radical (unpaired) electrons. The number of aryl methyl sites for hydroxylation is 1. The summed E-state index contributed by atoms with van der Waals surface area (Å²) in [5.74, 6) is 0.813. The zero-order valence-corrected chi connectivity index (χ0v) is 12.5. The number of likely N-dealkylation sites (tertiary alicyclic amines) is 1. The molecule has 0 aliphatic carbocycles. The molecule has 1 heterocycles. The van der Waals surface area contributed by atoms with Gasteiger partial charge in [-0.25, -0.2) is 0 Å². The van der Waals surface area contributed by atoms with E-state index in [-0.39, 0.29) is 5.91 Å². The van der Waals surface area contributed by atoms with Gasteiger partial charge in [0.05, 0.1) is 5.75 Å². The molecule has 1 aromatic rings. The zero-order valence-electron chi connectivity index (χ0n) is 11.7. The van der Waals surface area contributed by atoms with Crippen LogP contribution < -0.4 is 5.32 Å². The minimum Gasteiger partial charge on any atom is -0.342 e. The first-order valence-electron chi connectivity index (χ1n) is 6.83. The van der Waals surface area contributed by atoms with Crippen molar-refractivity contribution in [1.29, 1.82) is 0 Å². The molecule has 104 valence electrons. The Morgan fingerprint density at radius 2 is 1.95 bits per heavy atom. The van der Waals surface area contributed by atoms with E-state index in [2.05, 4.69) is 36.5 Å². The molecule has 1 N–H and O–H groups in total. The molecule has 19 heavy (non-hydrogen) atoms. The van der Waals surface area contributed by atoms with Gasteiger partial charge in [0.2, 0.25) is 5.91 Å². The Morgan fingerprint density at radius 3 is 2.53 bits per heavy atom. The fraction of sp³-hybridized carbons (Fsp3) is 0.533. The SMILES string of the molecule is CNC1CCN(C(=O)CSc2ccc(C)cc2)CC1. The van der Waals surface area contributed by atoms with Crippen molar-refractivity contribution in [2.24, 2.45) is 0 Å². The number of rotatable bonds is 4. The van der Waals surface area contributed by atoms with Gasteiger partial charge in [0, 0.05) is 24.0 Å². The number of amides is 1. The maximum Gasteiger partial charge on any atom is 0.232 e. The molecular weight excluding hydrogens is 256 g/mol. The second-order valence-corrected chi connectivity index (χ2v) is 6.09. The van der Waals surface area contributed by atoms with Crippen LogP contribution in [-0.2, 0) is 4.79 Å². The number of thioether (sulfide) groups is 1. The minimum atomic E-state index is 0.264. The highest BCUT2D eigenvalue weighted by atomic mass is 32.2. The number of piperidine rings is 1. The molecule has 3 nitrogen and oxygen atoms in total. The van der Waals surface area contributed by atoms with Crippen molar-refractivity contribution in [2.75, 3.05) is 25.9 Å². The summed E-state index contributed by atoms with van der Waals surface area (Å²) >= 11 is 1.63. The summed E-state index contributed by atoms with van der Waals surface area (Å²) in [7, 11) is 2.00. The van der Waals surface area contributed by atoms with E-state index in [4.69, 9.17) is 0 Å². The van der Waals surface area contributed by atoms with E-state index >= 15 is 0 Å². The smallest absolute Gasteiger partial charge is 0.232 e. The van der Waals surface area contributed by atoms with Crippen LogP contribution in [0.4, 0.5) is 0 Å². The Labute approximate surface area is 119 Å². The topological polar surface area (TPSA) is 32.3 Å². The van der Waals surface area contributed by atoms with Crippen LogP contribution in [0.15, 0.2) is 29.2 Å². The van der Waals surface area contributed by atoms with Gasteiger partial charge in [-0.3, -0.25) is 4.79 Å². The van der Waals surface area contributed by atoms with Crippen LogP contribution in [0.25, 0.3) is 0 Å². The third kappa shape index (κ3) is 4.25. The van der Waals surface area contributed by atoms with Gasteiger partial charge in [-0.15, -0.1) is 11.8 Å². The highest BCUT2D eigenvalue weighted by Gasteiger charge is 2.21. The zero-order chi connectivity index (χ0) is 13.7. The van der Waals surface area contributed by atoms with Crippen molar-refractivity contribution in [3.05, 3.63) is 29.8 Å². The Balaban J connectivity index is 1.77. The van der Waals surface area contributed by atoms with Gasteiger partial charge in [-0.1, -0.05) is 17.7 Å². The van der Waals surface area contributed by atoms with Crippen LogP contribution in [-0.4, -0.2) is 42.7 Å². The third-order valence-electron chi connectivity index (χ3n) is 3.64. The Hall–Kier alpha value is -1.00. The van der Waals surface area contributed by atoms with Crippen molar-refractivity contribution in [3.8, 4) is 0 Å². The molecule has 0 unspecified atom stereocenters. The second kappa shape index (κ2) is 6.96. The van der Waals surface area contributed by atoms with E-state index in [0.29, 0.717) is 11.8 Å². The van der Waals surface area contributed by atoms with Crippen molar-refractivity contribution in [2.45, 2.75) is 30.7 Å². The second-order valence-electron chi connectivity index (χ2n) is 5.05. The third-order valence-corrected chi connectivity index (χ3v) is 4.64. The van der Waals surface area contributed by atoms with E-state index in [1.165, 1.54) is 10.5 Å². The first-order chi connectivity index (χ1) is 9.19. The number of hydrogen-bond acceptors (Lipinski definition) is 3. The lowest BCUT2D eigenvalue weighted by Gasteiger charge is -2.31. The summed E-state index contributed by atoms with van der Waals surface area (Å²) < 4.78 is 0. The summed E-state index contributed by atoms with van der Waals surface area (Å²) in [6, 6.07) is 8.92. The van der Waals surface area contributed by atoms with Gasteiger partial charge in [0.1, 0.15) is 0 Å². The van der Waals surface area contributed by atoms with Gasteiger partial charge in [-0.05, 0) is 38.9 Å². The predicted octanol–water partition coefficient (Wildman–Crippen LogP) is 2.30. The number of nitrogens with zero attached hydrogens (tertiary/aromatic N) is 1. The minimum absolute atomic E-state index is 0.264. The summed E-state index contributed by atoms with van der Waals surface area (Å²) in [5.41, 5.74) is 1.25. The molecule has 1 aliphatic rings. The molecule has 0 aromatic heterocycles. The van der Waals surface area contributed by atoms with Crippen molar-refractivity contribution >= 4 is 17.7 Å². The van der Waals surface area contributed by atoms with Crippen molar-refractivity contribution < 1.29 is 4.79 Å². The van der Waals surface area contributed by atoms with E-state index in [0.717, 1.165) is 25.9 Å². The van der Waals surface area contributed by atoms with Crippen molar-refractivity contribution in [3.63, 3.8) is 0 Å². The summed E-state index contributed by atoms with van der Waals surface area (Å²) in [6.45, 7) is 3.85. The first kappa shape index (κ1) is 14.4. The van der Waals surface area contributed by atoms with Gasteiger partial charge < -0.3 is 10.2 Å². The molecule has 0 spiro atoms. The van der Waals surface area contributed by atoms with Crippen LogP contribution in [0, 0.1) is 6.92 Å². The normalized spacial score (nSPS) is 16.6. The predicted molar refractivity (Wildman–Crippen MR) is 80.6 cm³/mol. The Kier molecular flexibility index (Phi) is 5.28. The molecular formula is C15H22N2OS. The fourth-order valence-electron chi connectivity index (χ4n) is 2.29. The number of hydrogen-bond donors (Lipinski definition) is 1. The van der Waals surface area contributed by atoms with Crippen LogP contribution in [0.1, 0.15) is 18.4 Å². The van der Waals surface area contributed by atoms with Crippen LogP contribution in [0.3, 0.4) is 0 Å². The quantitative estimate of drug-likeness (QED) is 0.858. The fourth-order valence-corrected chi connectivity index (χ4v) is 3.09. The van der Waals surface area contributed by atoms with Crippen LogP contribution in [0.2, 0.25) is 0 Å². The number of carbonyl (C=O) groups is 1. The Bertz CT molecular complexity index is 411. The molecule has 1 saturated heterocycles. The maximum absolute atomic E-state index is 12.1. The van der Waals surface area contributed by atoms with E-state index < -0.39 is 0 Å². The molecule has 0 atom stereocenters. The number of benzene rings is 1. The average Bonchev–Trinajstić information content (AvgIpc) is 2.46. The van der Waals surface area contributed by atoms with E-state index in [9.17, 15) is 4.79 Å². The lowest BCUT2D eigenvalue weighted by molar-refractivity contribution is -0.129. The standard InChI is InChI=1S/C15H22N2OS/c1-12-3-5-14(6-4-12)19-11-15(18)17-9-7-13(16-2)8-10-17/h3-6,13,16H,7-11H2,1-2H3. The van der Waals surface area contributed by atoms with Gasteiger partial charge in [-0.2, -0.15) is 0 Å². The monoisotopic (exact) mass is 278 g/mol. The van der Waals surface area contributed by atoms with E-state index in [1.807, 2.05) is 11.9 Å².